The molecule has 0 aliphatic carbocycles. The molecule has 3 nitrogen and oxygen atoms in total. The lowest BCUT2D eigenvalue weighted by molar-refractivity contribution is 0.357. The summed E-state index contributed by atoms with van der Waals surface area (Å²) in [5, 5.41) is 3.45. The van der Waals surface area contributed by atoms with Gasteiger partial charge in [0, 0.05) is 31.4 Å². The number of rotatable bonds is 6. The van der Waals surface area contributed by atoms with Gasteiger partial charge in [-0.05, 0) is 48.7 Å². The van der Waals surface area contributed by atoms with Crippen LogP contribution in [0.4, 0.5) is 0 Å². The van der Waals surface area contributed by atoms with Gasteiger partial charge in [0.25, 0.3) is 0 Å². The lowest BCUT2D eigenvalue weighted by Crippen LogP contribution is -2.17. The molecule has 1 atom stereocenters. The minimum atomic E-state index is 0.424. The molecule has 0 fully saturated rings. The largest absolute Gasteiger partial charge is 0.493 e. The number of ether oxygens (including phenoxy) is 1. The van der Waals surface area contributed by atoms with Crippen LogP contribution in [0.3, 0.4) is 0 Å². The van der Waals surface area contributed by atoms with Crippen molar-refractivity contribution in [3.8, 4) is 5.75 Å². The van der Waals surface area contributed by atoms with Crippen LogP contribution >= 0.6 is 0 Å². The first kappa shape index (κ1) is 14.2. The van der Waals surface area contributed by atoms with E-state index in [0.717, 1.165) is 38.3 Å². The minimum absolute atomic E-state index is 0.424. The van der Waals surface area contributed by atoms with E-state index in [1.54, 1.807) is 0 Å². The maximum atomic E-state index is 5.56. The summed E-state index contributed by atoms with van der Waals surface area (Å²) in [6.07, 6.45) is 6.55. The van der Waals surface area contributed by atoms with E-state index in [0.29, 0.717) is 6.04 Å². The fraction of sp³-hybridized carbons (Fsp3) is 0.444. The molecule has 0 saturated carbocycles. The van der Waals surface area contributed by atoms with E-state index in [9.17, 15) is 0 Å². The van der Waals surface area contributed by atoms with Crippen molar-refractivity contribution in [1.82, 2.24) is 9.88 Å². The van der Waals surface area contributed by atoms with Crippen LogP contribution in [0.2, 0.25) is 0 Å². The topological polar surface area (TPSA) is 26.2 Å². The Hall–Kier alpha value is -1.74. The summed E-state index contributed by atoms with van der Waals surface area (Å²) >= 11 is 0. The lowest BCUT2D eigenvalue weighted by Gasteiger charge is -2.10. The third-order valence-electron chi connectivity index (χ3n) is 4.20. The average molecular weight is 284 g/mol. The van der Waals surface area contributed by atoms with Crippen molar-refractivity contribution in [2.45, 2.75) is 39.3 Å². The van der Waals surface area contributed by atoms with Gasteiger partial charge in [-0.1, -0.05) is 19.1 Å². The van der Waals surface area contributed by atoms with E-state index < -0.39 is 0 Å². The molecule has 3 heteroatoms. The van der Waals surface area contributed by atoms with Gasteiger partial charge in [-0.25, -0.2) is 0 Å². The molecule has 0 radical (unpaired) electrons. The van der Waals surface area contributed by atoms with Crippen LogP contribution in [0.25, 0.3) is 0 Å². The lowest BCUT2D eigenvalue weighted by atomic mass is 10.1. The number of aryl methyl sites for hydroxylation is 2. The smallest absolute Gasteiger partial charge is 0.122 e. The molecular formula is C18H24N2O. The van der Waals surface area contributed by atoms with Crippen LogP contribution in [-0.2, 0) is 19.4 Å². The Morgan fingerprint density at radius 2 is 2.24 bits per heavy atom. The Morgan fingerprint density at radius 3 is 3.10 bits per heavy atom. The number of hydrogen-bond acceptors (Lipinski definition) is 2. The number of nitrogens with zero attached hydrogens (tertiary/aromatic N) is 1. The van der Waals surface area contributed by atoms with Crippen LogP contribution in [0, 0.1) is 0 Å². The van der Waals surface area contributed by atoms with Gasteiger partial charge in [-0.2, -0.15) is 0 Å². The van der Waals surface area contributed by atoms with Gasteiger partial charge in [0.15, 0.2) is 0 Å². The Bertz CT molecular complexity index is 603. The molecule has 0 saturated heterocycles. The molecule has 2 aromatic rings. The summed E-state index contributed by atoms with van der Waals surface area (Å²) < 4.78 is 7.84. The fourth-order valence-electron chi connectivity index (χ4n) is 2.93. The van der Waals surface area contributed by atoms with E-state index >= 15 is 0 Å². The van der Waals surface area contributed by atoms with E-state index in [-0.39, 0.29) is 0 Å². The summed E-state index contributed by atoms with van der Waals surface area (Å²) in [6, 6.07) is 9.24. The first-order chi connectivity index (χ1) is 10.3. The molecule has 1 unspecified atom stereocenters. The predicted octanol–water partition coefficient (Wildman–Crippen LogP) is 3.34. The highest BCUT2D eigenvalue weighted by atomic mass is 16.5. The van der Waals surface area contributed by atoms with E-state index in [1.165, 1.54) is 16.7 Å². The van der Waals surface area contributed by atoms with Crippen LogP contribution < -0.4 is 10.1 Å². The first-order valence-corrected chi connectivity index (χ1v) is 7.90. The highest BCUT2D eigenvalue weighted by molar-refractivity contribution is 5.39. The van der Waals surface area contributed by atoms with Gasteiger partial charge in [0.05, 0.1) is 6.61 Å². The maximum Gasteiger partial charge on any atom is 0.122 e. The van der Waals surface area contributed by atoms with Gasteiger partial charge in [0.1, 0.15) is 5.75 Å². The molecule has 2 heterocycles. The van der Waals surface area contributed by atoms with Crippen LogP contribution in [0.1, 0.15) is 36.6 Å². The molecule has 1 N–H and O–H groups in total. The Morgan fingerprint density at radius 1 is 1.33 bits per heavy atom. The van der Waals surface area contributed by atoms with Gasteiger partial charge in [0.2, 0.25) is 0 Å². The normalized spacial score (nSPS) is 14.8. The van der Waals surface area contributed by atoms with Crippen LogP contribution in [-0.4, -0.2) is 17.7 Å². The number of nitrogens with one attached hydrogen (secondary N) is 1. The molecule has 0 amide bonds. The molecule has 21 heavy (non-hydrogen) atoms. The van der Waals surface area contributed by atoms with Gasteiger partial charge in [-0.3, -0.25) is 0 Å². The Kier molecular flexibility index (Phi) is 4.30. The molecule has 1 aliphatic rings. The van der Waals surface area contributed by atoms with Crippen LogP contribution in [0.5, 0.6) is 5.75 Å². The molecule has 1 aliphatic heterocycles. The van der Waals surface area contributed by atoms with Gasteiger partial charge < -0.3 is 14.6 Å². The standard InChI is InChI=1S/C18H24N2O/c1-3-19-14(2)17-7-10-20(13-17)9-6-15-4-5-18-16(12-15)8-11-21-18/h4-5,7,10,12-14,19H,3,6,8-9,11H2,1-2H3. The van der Waals surface area contributed by atoms with Crippen molar-refractivity contribution in [3.05, 3.63) is 53.3 Å². The molecular weight excluding hydrogens is 260 g/mol. The monoisotopic (exact) mass is 284 g/mol. The SMILES string of the molecule is CCNC(C)c1ccn(CCc2ccc3c(c2)CCO3)c1. The Balaban J connectivity index is 1.60. The van der Waals surface area contributed by atoms with E-state index in [4.69, 9.17) is 4.74 Å². The van der Waals surface area contributed by atoms with Gasteiger partial charge >= 0.3 is 0 Å². The van der Waals surface area contributed by atoms with Crippen molar-refractivity contribution >= 4 is 0 Å². The van der Waals surface area contributed by atoms with Crippen molar-refractivity contribution in [2.24, 2.45) is 0 Å². The second-order valence-corrected chi connectivity index (χ2v) is 5.75. The zero-order valence-corrected chi connectivity index (χ0v) is 12.9. The summed E-state index contributed by atoms with van der Waals surface area (Å²) in [5.41, 5.74) is 4.12. The maximum absolute atomic E-state index is 5.56. The van der Waals surface area contributed by atoms with Crippen molar-refractivity contribution in [1.29, 1.82) is 0 Å². The first-order valence-electron chi connectivity index (χ1n) is 7.90. The molecule has 1 aromatic carbocycles. The Labute approximate surface area is 126 Å². The van der Waals surface area contributed by atoms with Crippen LogP contribution in [0.15, 0.2) is 36.7 Å². The fourth-order valence-corrected chi connectivity index (χ4v) is 2.93. The molecule has 0 spiro atoms. The highest BCUT2D eigenvalue weighted by Crippen LogP contribution is 2.26. The van der Waals surface area contributed by atoms with Crippen molar-refractivity contribution in [2.75, 3.05) is 13.2 Å². The number of benzene rings is 1. The summed E-state index contributed by atoms with van der Waals surface area (Å²) in [6.45, 7) is 7.22. The number of aromatic nitrogens is 1. The van der Waals surface area contributed by atoms with E-state index in [2.05, 4.69) is 60.4 Å². The molecule has 112 valence electrons. The third kappa shape index (κ3) is 3.30. The second kappa shape index (κ2) is 6.35. The third-order valence-corrected chi connectivity index (χ3v) is 4.20. The van der Waals surface area contributed by atoms with Gasteiger partial charge in [-0.15, -0.1) is 0 Å². The second-order valence-electron chi connectivity index (χ2n) is 5.75. The molecule has 1 aromatic heterocycles. The zero-order valence-electron chi connectivity index (χ0n) is 12.9. The minimum Gasteiger partial charge on any atom is -0.493 e. The molecule has 0 bridgehead atoms. The van der Waals surface area contributed by atoms with E-state index in [1.807, 2.05) is 0 Å². The van der Waals surface area contributed by atoms with Crippen molar-refractivity contribution < 1.29 is 4.74 Å². The zero-order chi connectivity index (χ0) is 14.7. The quantitative estimate of drug-likeness (QED) is 0.880. The highest BCUT2D eigenvalue weighted by Gasteiger charge is 2.12. The summed E-state index contributed by atoms with van der Waals surface area (Å²) in [7, 11) is 0. The molecule has 3 rings (SSSR count). The number of hydrogen-bond donors (Lipinski definition) is 1. The average Bonchev–Trinajstić information content (AvgIpc) is 3.14. The number of fused-ring (bicyclic) bond motifs is 1. The summed E-state index contributed by atoms with van der Waals surface area (Å²) in [5.74, 6) is 1.07. The summed E-state index contributed by atoms with van der Waals surface area (Å²) in [4.78, 5) is 0. The predicted molar refractivity (Wildman–Crippen MR) is 85.9 cm³/mol. The van der Waals surface area contributed by atoms with Crippen molar-refractivity contribution in [3.63, 3.8) is 0 Å².